The van der Waals surface area contributed by atoms with Crippen LogP contribution in [0.15, 0.2) is 48.8 Å². The van der Waals surface area contributed by atoms with Gasteiger partial charge in [-0.05, 0) is 36.8 Å². The van der Waals surface area contributed by atoms with Crippen LogP contribution in [0.3, 0.4) is 0 Å². The van der Waals surface area contributed by atoms with Crippen molar-refractivity contribution in [3.8, 4) is 5.75 Å². The molecular weight excluding hydrogens is 449 g/mol. The van der Waals surface area contributed by atoms with E-state index in [-0.39, 0.29) is 27.2 Å². The van der Waals surface area contributed by atoms with Gasteiger partial charge in [-0.1, -0.05) is 23.7 Å². The van der Waals surface area contributed by atoms with Crippen molar-refractivity contribution in [1.82, 2.24) is 14.5 Å². The molecule has 2 aromatic carbocycles. The van der Waals surface area contributed by atoms with Gasteiger partial charge >= 0.3 is 0 Å². The number of ether oxygens (including phenoxy) is 1. The summed E-state index contributed by atoms with van der Waals surface area (Å²) in [6.45, 7) is 2.36. The maximum absolute atomic E-state index is 13.9. The highest BCUT2D eigenvalue weighted by Gasteiger charge is 2.19. The summed E-state index contributed by atoms with van der Waals surface area (Å²) in [5, 5.41) is 2.84. The summed E-state index contributed by atoms with van der Waals surface area (Å²) in [5.41, 5.74) is 7.06. The quantitative estimate of drug-likeness (QED) is 0.446. The van der Waals surface area contributed by atoms with Gasteiger partial charge in [0.15, 0.2) is 5.82 Å². The van der Waals surface area contributed by atoms with E-state index in [1.54, 1.807) is 13.4 Å². The van der Waals surface area contributed by atoms with Gasteiger partial charge in [0.2, 0.25) is 0 Å². The normalized spacial score (nSPS) is 10.9. The van der Waals surface area contributed by atoms with E-state index < -0.39 is 17.6 Å². The van der Waals surface area contributed by atoms with Crippen LogP contribution >= 0.6 is 11.6 Å². The number of anilines is 1. The number of amides is 2. The number of aromatic nitrogens is 3. The van der Waals surface area contributed by atoms with Crippen LogP contribution in [0, 0.1) is 12.7 Å². The highest BCUT2D eigenvalue weighted by Crippen LogP contribution is 2.26. The van der Waals surface area contributed by atoms with Gasteiger partial charge in [-0.15, -0.1) is 0 Å². The van der Waals surface area contributed by atoms with Gasteiger partial charge in [-0.3, -0.25) is 9.59 Å². The number of hydrogen-bond donors (Lipinski definition) is 2. The molecular formula is C23H19ClFN5O3. The smallest absolute Gasteiger partial charge is 0.267 e. The minimum absolute atomic E-state index is 0.0693. The van der Waals surface area contributed by atoms with Gasteiger partial charge in [0.05, 0.1) is 35.2 Å². The van der Waals surface area contributed by atoms with Crippen LogP contribution in [-0.2, 0) is 6.54 Å². The largest absolute Gasteiger partial charge is 0.497 e. The Morgan fingerprint density at radius 1 is 1.21 bits per heavy atom. The Morgan fingerprint density at radius 2 is 1.94 bits per heavy atom. The van der Waals surface area contributed by atoms with Gasteiger partial charge in [0, 0.05) is 18.0 Å². The van der Waals surface area contributed by atoms with Crippen molar-refractivity contribution in [2.24, 2.45) is 5.73 Å². The molecule has 0 saturated carbocycles. The van der Waals surface area contributed by atoms with Crippen LogP contribution in [0.1, 0.15) is 32.1 Å². The van der Waals surface area contributed by atoms with Crippen molar-refractivity contribution >= 4 is 40.1 Å². The fourth-order valence-corrected chi connectivity index (χ4v) is 3.53. The van der Waals surface area contributed by atoms with Crippen molar-refractivity contribution in [2.45, 2.75) is 13.5 Å². The third kappa shape index (κ3) is 4.49. The third-order valence-corrected chi connectivity index (χ3v) is 5.48. The number of imidazole rings is 1. The molecule has 0 saturated heterocycles. The molecule has 0 spiro atoms. The number of rotatable bonds is 6. The maximum Gasteiger partial charge on any atom is 0.267 e. The number of nitrogens with one attached hydrogen (secondary N) is 1. The average Bonchev–Trinajstić information content (AvgIpc) is 3.13. The van der Waals surface area contributed by atoms with Crippen molar-refractivity contribution in [1.29, 1.82) is 0 Å². The van der Waals surface area contributed by atoms with E-state index in [0.717, 1.165) is 23.1 Å². The lowest BCUT2D eigenvalue weighted by atomic mass is 10.1. The van der Waals surface area contributed by atoms with E-state index >= 15 is 0 Å². The number of hydrogen-bond acceptors (Lipinski definition) is 5. The Kier molecular flexibility index (Phi) is 5.97. The molecule has 0 unspecified atom stereocenters. The standard InChI is InChI=1S/C23H19ClFN5O3/c1-12-22(27-11-30(12)10-13-3-5-14(33-2)6-4-13)29-23(32)16-8-20(21(26)31)28-19-9-18(25)17(24)7-15(16)19/h3-9,11H,10H2,1-2H3,(H2,26,31)(H,29,32). The van der Waals surface area contributed by atoms with Crippen LogP contribution in [-0.4, -0.2) is 33.5 Å². The first-order chi connectivity index (χ1) is 15.8. The molecule has 10 heteroatoms. The first kappa shape index (κ1) is 22.2. The number of primary amides is 1. The summed E-state index contributed by atoms with van der Waals surface area (Å²) < 4.78 is 21.0. The van der Waals surface area contributed by atoms with Crippen LogP contribution in [0.25, 0.3) is 10.9 Å². The van der Waals surface area contributed by atoms with Gasteiger partial charge in [0.25, 0.3) is 11.8 Å². The maximum atomic E-state index is 13.9. The van der Waals surface area contributed by atoms with Gasteiger partial charge in [-0.2, -0.15) is 0 Å². The lowest BCUT2D eigenvalue weighted by molar-refractivity contribution is 0.0996. The molecule has 33 heavy (non-hydrogen) atoms. The number of pyridine rings is 1. The predicted molar refractivity (Wildman–Crippen MR) is 122 cm³/mol. The van der Waals surface area contributed by atoms with Crippen LogP contribution < -0.4 is 15.8 Å². The minimum Gasteiger partial charge on any atom is -0.497 e. The molecule has 0 bridgehead atoms. The monoisotopic (exact) mass is 467 g/mol. The number of nitrogens with zero attached hydrogens (tertiary/aromatic N) is 3. The molecule has 4 rings (SSSR count). The molecule has 0 aliphatic carbocycles. The second-order valence-corrected chi connectivity index (χ2v) is 7.72. The van der Waals surface area contributed by atoms with E-state index in [0.29, 0.717) is 12.4 Å². The number of methoxy groups -OCH3 is 1. The van der Waals surface area contributed by atoms with E-state index in [4.69, 9.17) is 22.1 Å². The molecule has 4 aromatic rings. The van der Waals surface area contributed by atoms with Gasteiger partial charge in [-0.25, -0.2) is 14.4 Å². The molecule has 2 aromatic heterocycles. The van der Waals surface area contributed by atoms with E-state index in [1.807, 2.05) is 35.8 Å². The lowest BCUT2D eigenvalue weighted by Crippen LogP contribution is -2.18. The topological polar surface area (TPSA) is 112 Å². The fraction of sp³-hybridized carbons (Fsp3) is 0.130. The number of fused-ring (bicyclic) bond motifs is 1. The van der Waals surface area contributed by atoms with Gasteiger partial charge < -0.3 is 20.4 Å². The Bertz CT molecular complexity index is 1390. The molecule has 0 atom stereocenters. The van der Waals surface area contributed by atoms with Crippen molar-refractivity contribution in [2.75, 3.05) is 12.4 Å². The Balaban J connectivity index is 1.64. The summed E-state index contributed by atoms with van der Waals surface area (Å²) in [7, 11) is 1.60. The SMILES string of the molecule is COc1ccc(Cn2cnc(NC(=O)c3cc(C(N)=O)nc4cc(F)c(Cl)cc34)c2C)cc1. The third-order valence-electron chi connectivity index (χ3n) is 5.19. The average molecular weight is 468 g/mol. The minimum atomic E-state index is -0.846. The Hall–Kier alpha value is -3.98. The summed E-state index contributed by atoms with van der Waals surface area (Å²) in [6.07, 6.45) is 1.61. The second kappa shape index (κ2) is 8.87. The zero-order valence-corrected chi connectivity index (χ0v) is 18.5. The molecule has 0 radical (unpaired) electrons. The fourth-order valence-electron chi connectivity index (χ4n) is 3.36. The molecule has 168 valence electrons. The van der Waals surface area contributed by atoms with Crippen molar-refractivity contribution in [3.63, 3.8) is 0 Å². The molecule has 2 heterocycles. The van der Waals surface area contributed by atoms with E-state index in [9.17, 15) is 14.0 Å². The van der Waals surface area contributed by atoms with Crippen LogP contribution in [0.5, 0.6) is 5.75 Å². The molecule has 3 N–H and O–H groups in total. The van der Waals surface area contributed by atoms with Crippen LogP contribution in [0.2, 0.25) is 5.02 Å². The second-order valence-electron chi connectivity index (χ2n) is 7.31. The summed E-state index contributed by atoms with van der Waals surface area (Å²) in [5.74, 6) is -1.04. The Labute approximate surface area is 193 Å². The van der Waals surface area contributed by atoms with E-state index in [1.165, 1.54) is 12.1 Å². The first-order valence-corrected chi connectivity index (χ1v) is 10.2. The highest BCUT2D eigenvalue weighted by atomic mass is 35.5. The van der Waals surface area contributed by atoms with Crippen molar-refractivity contribution in [3.05, 3.63) is 82.1 Å². The molecule has 2 amide bonds. The number of halogens is 2. The van der Waals surface area contributed by atoms with Crippen LogP contribution in [0.4, 0.5) is 10.2 Å². The number of benzene rings is 2. The lowest BCUT2D eigenvalue weighted by Gasteiger charge is -2.10. The predicted octanol–water partition coefficient (Wildman–Crippen LogP) is 3.94. The summed E-state index contributed by atoms with van der Waals surface area (Å²) in [4.78, 5) is 33.1. The molecule has 0 aliphatic rings. The summed E-state index contributed by atoms with van der Waals surface area (Å²) >= 11 is 5.90. The van der Waals surface area contributed by atoms with Gasteiger partial charge in [0.1, 0.15) is 17.3 Å². The highest BCUT2D eigenvalue weighted by molar-refractivity contribution is 6.31. The molecule has 0 aliphatic heterocycles. The number of nitrogens with two attached hydrogens (primary N) is 1. The zero-order chi connectivity index (χ0) is 23.7. The first-order valence-electron chi connectivity index (χ1n) is 9.82. The number of carbonyl (C=O) groups is 2. The molecule has 8 nitrogen and oxygen atoms in total. The zero-order valence-electron chi connectivity index (χ0n) is 17.7. The van der Waals surface area contributed by atoms with Crippen molar-refractivity contribution < 1.29 is 18.7 Å². The number of carbonyl (C=O) groups excluding carboxylic acids is 2. The molecule has 0 fully saturated rings. The summed E-state index contributed by atoms with van der Waals surface area (Å²) in [6, 6.07) is 11.2. The Morgan fingerprint density at radius 3 is 2.61 bits per heavy atom. The van der Waals surface area contributed by atoms with E-state index in [2.05, 4.69) is 15.3 Å².